The largest absolute Gasteiger partial charge is 0.355 e. The number of piperazine rings is 1. The van der Waals surface area contributed by atoms with Crippen molar-refractivity contribution in [2.75, 3.05) is 31.1 Å². The standard InChI is InChI=1S/C14H19N5O/c1-2-16-14(20)11-10-15-6-8-18(11)13-5-3-4-12-17-7-9-19(12)13/h3-5,7,9,11,15H,2,6,8,10H2,1H3,(H,16,20). The molecule has 1 atom stereocenters. The first-order chi connectivity index (χ1) is 9.81. The van der Waals surface area contributed by atoms with Gasteiger partial charge < -0.3 is 15.5 Å². The minimum Gasteiger partial charge on any atom is -0.355 e. The molecule has 6 nitrogen and oxygen atoms in total. The van der Waals surface area contributed by atoms with Crippen LogP contribution in [0.4, 0.5) is 5.82 Å². The van der Waals surface area contributed by atoms with Gasteiger partial charge >= 0.3 is 0 Å². The summed E-state index contributed by atoms with van der Waals surface area (Å²) in [5, 5.41) is 6.20. The van der Waals surface area contributed by atoms with E-state index in [1.807, 2.05) is 35.7 Å². The molecule has 1 fully saturated rings. The first kappa shape index (κ1) is 12.9. The van der Waals surface area contributed by atoms with Gasteiger partial charge in [0.1, 0.15) is 17.5 Å². The van der Waals surface area contributed by atoms with Crippen LogP contribution in [0.5, 0.6) is 0 Å². The Kier molecular flexibility index (Phi) is 3.56. The molecule has 1 saturated heterocycles. The van der Waals surface area contributed by atoms with Gasteiger partial charge in [-0.3, -0.25) is 9.20 Å². The van der Waals surface area contributed by atoms with Crippen molar-refractivity contribution in [3.8, 4) is 0 Å². The Labute approximate surface area is 117 Å². The topological polar surface area (TPSA) is 61.7 Å². The van der Waals surface area contributed by atoms with Crippen molar-refractivity contribution in [1.82, 2.24) is 20.0 Å². The van der Waals surface area contributed by atoms with Crippen LogP contribution in [-0.4, -0.2) is 47.5 Å². The van der Waals surface area contributed by atoms with Crippen LogP contribution in [0.1, 0.15) is 6.92 Å². The summed E-state index contributed by atoms with van der Waals surface area (Å²) in [5.41, 5.74) is 0.899. The summed E-state index contributed by atoms with van der Waals surface area (Å²) in [7, 11) is 0. The van der Waals surface area contributed by atoms with E-state index in [2.05, 4.69) is 20.5 Å². The Balaban J connectivity index is 1.97. The van der Waals surface area contributed by atoms with Crippen molar-refractivity contribution in [3.63, 3.8) is 0 Å². The van der Waals surface area contributed by atoms with Gasteiger partial charge in [0.2, 0.25) is 5.91 Å². The van der Waals surface area contributed by atoms with Crippen LogP contribution >= 0.6 is 0 Å². The summed E-state index contributed by atoms with van der Waals surface area (Å²) in [6.07, 6.45) is 3.71. The minimum atomic E-state index is -0.184. The number of amides is 1. The number of hydrogen-bond donors (Lipinski definition) is 2. The Morgan fingerprint density at radius 1 is 1.55 bits per heavy atom. The number of carbonyl (C=O) groups excluding carboxylic acids is 1. The molecule has 0 radical (unpaired) electrons. The summed E-state index contributed by atoms with van der Waals surface area (Å²) in [5.74, 6) is 1.08. The molecule has 0 aliphatic carbocycles. The highest BCUT2D eigenvalue weighted by Crippen LogP contribution is 2.20. The van der Waals surface area contributed by atoms with Crippen LogP contribution in [-0.2, 0) is 4.79 Å². The summed E-state index contributed by atoms with van der Waals surface area (Å²) in [6.45, 7) is 4.94. The molecule has 106 valence electrons. The fraction of sp³-hybridized carbons (Fsp3) is 0.429. The highest BCUT2D eigenvalue weighted by atomic mass is 16.2. The minimum absolute atomic E-state index is 0.0665. The third-order valence-corrected chi connectivity index (χ3v) is 3.60. The Morgan fingerprint density at radius 2 is 2.45 bits per heavy atom. The first-order valence-electron chi connectivity index (χ1n) is 6.98. The van der Waals surface area contributed by atoms with Crippen molar-refractivity contribution in [2.45, 2.75) is 13.0 Å². The Bertz CT molecular complexity index is 608. The molecule has 3 rings (SSSR count). The van der Waals surface area contributed by atoms with Gasteiger partial charge in [-0.15, -0.1) is 0 Å². The molecular formula is C14H19N5O. The van der Waals surface area contributed by atoms with E-state index in [-0.39, 0.29) is 11.9 Å². The number of pyridine rings is 1. The van der Waals surface area contributed by atoms with E-state index >= 15 is 0 Å². The van der Waals surface area contributed by atoms with Crippen LogP contribution in [0.2, 0.25) is 0 Å². The predicted molar refractivity (Wildman–Crippen MR) is 77.9 cm³/mol. The van der Waals surface area contributed by atoms with Crippen molar-refractivity contribution >= 4 is 17.4 Å². The Hall–Kier alpha value is -2.08. The van der Waals surface area contributed by atoms with E-state index in [0.717, 1.165) is 24.6 Å². The van der Waals surface area contributed by atoms with Gasteiger partial charge in [-0.2, -0.15) is 0 Å². The van der Waals surface area contributed by atoms with E-state index in [4.69, 9.17) is 0 Å². The van der Waals surface area contributed by atoms with Crippen molar-refractivity contribution in [3.05, 3.63) is 30.6 Å². The number of anilines is 1. The summed E-state index contributed by atoms with van der Waals surface area (Å²) < 4.78 is 2.03. The second kappa shape index (κ2) is 5.50. The molecule has 3 heterocycles. The van der Waals surface area contributed by atoms with Crippen LogP contribution in [0.3, 0.4) is 0 Å². The number of carbonyl (C=O) groups is 1. The monoisotopic (exact) mass is 273 g/mol. The molecule has 0 spiro atoms. The molecule has 0 aromatic carbocycles. The third-order valence-electron chi connectivity index (χ3n) is 3.60. The quantitative estimate of drug-likeness (QED) is 0.841. The molecule has 0 bridgehead atoms. The van der Waals surface area contributed by atoms with Gasteiger partial charge in [-0.05, 0) is 19.1 Å². The van der Waals surface area contributed by atoms with E-state index in [1.54, 1.807) is 6.20 Å². The SMILES string of the molecule is CCNC(=O)C1CNCCN1c1cccc2nccn12. The fourth-order valence-electron chi connectivity index (χ4n) is 2.67. The predicted octanol–water partition coefficient (Wildman–Crippen LogP) is 0.249. The molecule has 1 unspecified atom stereocenters. The number of aromatic nitrogens is 2. The molecule has 1 aliphatic rings. The van der Waals surface area contributed by atoms with Crippen molar-refractivity contribution in [2.24, 2.45) is 0 Å². The lowest BCUT2D eigenvalue weighted by atomic mass is 10.1. The van der Waals surface area contributed by atoms with Gasteiger partial charge in [-0.1, -0.05) is 6.07 Å². The zero-order valence-electron chi connectivity index (χ0n) is 11.5. The lowest BCUT2D eigenvalue weighted by molar-refractivity contribution is -0.122. The second-order valence-electron chi connectivity index (χ2n) is 4.85. The van der Waals surface area contributed by atoms with Crippen LogP contribution < -0.4 is 15.5 Å². The van der Waals surface area contributed by atoms with E-state index < -0.39 is 0 Å². The first-order valence-corrected chi connectivity index (χ1v) is 6.98. The van der Waals surface area contributed by atoms with Gasteiger partial charge in [0, 0.05) is 38.6 Å². The lowest BCUT2D eigenvalue weighted by Crippen LogP contribution is -2.58. The molecule has 2 N–H and O–H groups in total. The summed E-state index contributed by atoms with van der Waals surface area (Å²) in [6, 6.07) is 5.80. The number of rotatable bonds is 3. The molecule has 2 aromatic heterocycles. The highest BCUT2D eigenvalue weighted by molar-refractivity contribution is 5.85. The van der Waals surface area contributed by atoms with Gasteiger partial charge in [0.25, 0.3) is 0 Å². The molecular weight excluding hydrogens is 254 g/mol. The van der Waals surface area contributed by atoms with Gasteiger partial charge in [-0.25, -0.2) is 4.98 Å². The van der Waals surface area contributed by atoms with Crippen molar-refractivity contribution in [1.29, 1.82) is 0 Å². The normalized spacial score (nSPS) is 19.2. The van der Waals surface area contributed by atoms with E-state index in [9.17, 15) is 4.79 Å². The van der Waals surface area contributed by atoms with Gasteiger partial charge in [0.05, 0.1) is 0 Å². The fourth-order valence-corrected chi connectivity index (χ4v) is 2.67. The molecule has 1 aliphatic heterocycles. The average Bonchev–Trinajstić information content (AvgIpc) is 2.96. The maximum absolute atomic E-state index is 12.2. The molecule has 2 aromatic rings. The number of fused-ring (bicyclic) bond motifs is 1. The van der Waals surface area contributed by atoms with Gasteiger partial charge in [0.15, 0.2) is 0 Å². The number of nitrogens with zero attached hydrogens (tertiary/aromatic N) is 3. The zero-order valence-corrected chi connectivity index (χ0v) is 11.5. The molecule has 1 amide bonds. The number of hydrogen-bond acceptors (Lipinski definition) is 4. The average molecular weight is 273 g/mol. The Morgan fingerprint density at radius 3 is 3.30 bits per heavy atom. The van der Waals surface area contributed by atoms with E-state index in [1.165, 1.54) is 0 Å². The second-order valence-corrected chi connectivity index (χ2v) is 4.85. The molecule has 6 heteroatoms. The summed E-state index contributed by atoms with van der Waals surface area (Å²) >= 11 is 0. The maximum Gasteiger partial charge on any atom is 0.244 e. The molecule has 0 saturated carbocycles. The third kappa shape index (κ3) is 2.22. The smallest absolute Gasteiger partial charge is 0.244 e. The van der Waals surface area contributed by atoms with Crippen molar-refractivity contribution < 1.29 is 4.79 Å². The molecule has 20 heavy (non-hydrogen) atoms. The number of likely N-dealkylation sites (N-methyl/N-ethyl adjacent to an activating group) is 1. The maximum atomic E-state index is 12.2. The zero-order chi connectivity index (χ0) is 13.9. The van der Waals surface area contributed by atoms with Crippen LogP contribution in [0.25, 0.3) is 5.65 Å². The number of nitrogens with one attached hydrogen (secondary N) is 2. The lowest BCUT2D eigenvalue weighted by Gasteiger charge is -2.37. The highest BCUT2D eigenvalue weighted by Gasteiger charge is 2.29. The summed E-state index contributed by atoms with van der Waals surface area (Å²) in [4.78, 5) is 18.7. The van der Waals surface area contributed by atoms with E-state index in [0.29, 0.717) is 13.1 Å². The van der Waals surface area contributed by atoms with Crippen LogP contribution in [0, 0.1) is 0 Å². The number of imidazole rings is 1. The van der Waals surface area contributed by atoms with Crippen LogP contribution in [0.15, 0.2) is 30.6 Å².